The van der Waals surface area contributed by atoms with Crippen LogP contribution in [0.2, 0.25) is 0 Å². The van der Waals surface area contributed by atoms with Gasteiger partial charge in [0.25, 0.3) is 0 Å². The van der Waals surface area contributed by atoms with Gasteiger partial charge in [-0.1, -0.05) is 32.0 Å². The van der Waals surface area contributed by atoms with Gasteiger partial charge in [0.2, 0.25) is 0 Å². The molecule has 0 heterocycles. The first-order valence-corrected chi connectivity index (χ1v) is 6.10. The van der Waals surface area contributed by atoms with Gasteiger partial charge in [-0.15, -0.1) is 0 Å². The van der Waals surface area contributed by atoms with Crippen LogP contribution in [0.15, 0.2) is 24.3 Å². The van der Waals surface area contributed by atoms with Gasteiger partial charge in [-0.25, -0.2) is 0 Å². The van der Waals surface area contributed by atoms with Crippen LogP contribution < -0.4 is 15.4 Å². The molecule has 0 aliphatic heterocycles. The predicted octanol–water partition coefficient (Wildman–Crippen LogP) is 1.78. The van der Waals surface area contributed by atoms with E-state index in [0.717, 1.165) is 25.4 Å². The van der Waals surface area contributed by atoms with Crippen molar-refractivity contribution in [2.45, 2.75) is 19.3 Å². The van der Waals surface area contributed by atoms with Gasteiger partial charge < -0.3 is 15.4 Å². The summed E-state index contributed by atoms with van der Waals surface area (Å²) >= 11 is 0. The fraction of sp³-hybridized carbons (Fsp3) is 0.571. The van der Waals surface area contributed by atoms with E-state index >= 15 is 0 Å². The summed E-state index contributed by atoms with van der Waals surface area (Å²) < 4.78 is 5.42. The topological polar surface area (TPSA) is 33.3 Å². The molecule has 0 unspecified atom stereocenters. The van der Waals surface area contributed by atoms with Crippen molar-refractivity contribution < 1.29 is 4.74 Å². The molecule has 0 aliphatic rings. The van der Waals surface area contributed by atoms with Crippen molar-refractivity contribution in [2.24, 2.45) is 0 Å². The average Bonchev–Trinajstić information content (AvgIpc) is 2.34. The lowest BCUT2D eigenvalue weighted by Crippen LogP contribution is -2.36. The molecule has 0 atom stereocenters. The van der Waals surface area contributed by atoms with Crippen molar-refractivity contribution in [3.63, 3.8) is 0 Å². The Morgan fingerprint density at radius 2 is 1.88 bits per heavy atom. The van der Waals surface area contributed by atoms with Crippen LogP contribution in [0.4, 0.5) is 0 Å². The van der Waals surface area contributed by atoms with Gasteiger partial charge in [-0.05, 0) is 13.1 Å². The zero-order valence-electron chi connectivity index (χ0n) is 11.3. The van der Waals surface area contributed by atoms with Crippen LogP contribution in [0.5, 0.6) is 5.75 Å². The summed E-state index contributed by atoms with van der Waals surface area (Å²) in [4.78, 5) is 0. The van der Waals surface area contributed by atoms with Gasteiger partial charge in [0.15, 0.2) is 0 Å². The van der Waals surface area contributed by atoms with E-state index < -0.39 is 0 Å². The van der Waals surface area contributed by atoms with Gasteiger partial charge in [0.05, 0.1) is 7.11 Å². The number of benzene rings is 1. The molecule has 0 saturated heterocycles. The lowest BCUT2D eigenvalue weighted by Gasteiger charge is -2.27. The third kappa shape index (κ3) is 4.02. The van der Waals surface area contributed by atoms with Crippen LogP contribution in [0.25, 0.3) is 0 Å². The van der Waals surface area contributed by atoms with E-state index in [9.17, 15) is 0 Å². The lowest BCUT2D eigenvalue weighted by atomic mass is 9.84. The largest absolute Gasteiger partial charge is 0.496 e. The second kappa shape index (κ2) is 6.62. The SMILES string of the molecule is CNCCNCC(C)(C)c1ccccc1OC. The quantitative estimate of drug-likeness (QED) is 0.708. The summed E-state index contributed by atoms with van der Waals surface area (Å²) in [5.74, 6) is 0.966. The molecule has 0 fully saturated rings. The molecule has 3 nitrogen and oxygen atoms in total. The highest BCUT2D eigenvalue weighted by Gasteiger charge is 2.23. The smallest absolute Gasteiger partial charge is 0.122 e. The zero-order valence-corrected chi connectivity index (χ0v) is 11.3. The fourth-order valence-corrected chi connectivity index (χ4v) is 1.91. The van der Waals surface area contributed by atoms with Crippen LogP contribution in [0, 0.1) is 0 Å². The van der Waals surface area contributed by atoms with Crippen molar-refractivity contribution in [3.8, 4) is 5.75 Å². The van der Waals surface area contributed by atoms with E-state index in [2.05, 4.69) is 36.6 Å². The highest BCUT2D eigenvalue weighted by atomic mass is 16.5. The Hall–Kier alpha value is -1.06. The van der Waals surface area contributed by atoms with Crippen molar-refractivity contribution >= 4 is 0 Å². The Labute approximate surface area is 105 Å². The first kappa shape index (κ1) is 14.0. The van der Waals surface area contributed by atoms with Crippen LogP contribution in [0.3, 0.4) is 0 Å². The summed E-state index contributed by atoms with van der Waals surface area (Å²) in [7, 11) is 3.69. The third-order valence-corrected chi connectivity index (χ3v) is 2.95. The third-order valence-electron chi connectivity index (χ3n) is 2.95. The van der Waals surface area contributed by atoms with E-state index in [4.69, 9.17) is 4.74 Å². The molecule has 0 spiro atoms. The first-order valence-electron chi connectivity index (χ1n) is 6.10. The number of para-hydroxylation sites is 1. The summed E-state index contributed by atoms with van der Waals surface area (Å²) in [5.41, 5.74) is 1.32. The van der Waals surface area contributed by atoms with Gasteiger partial charge in [0.1, 0.15) is 5.75 Å². The molecule has 0 saturated carbocycles. The molecule has 3 heteroatoms. The molecular weight excluding hydrogens is 212 g/mol. The molecule has 2 N–H and O–H groups in total. The van der Waals surface area contributed by atoms with Crippen LogP contribution in [0.1, 0.15) is 19.4 Å². The molecule has 0 aromatic heterocycles. The Morgan fingerprint density at radius 1 is 1.18 bits per heavy atom. The predicted molar refractivity (Wildman–Crippen MR) is 72.8 cm³/mol. The van der Waals surface area contributed by atoms with Gasteiger partial charge in [0, 0.05) is 30.6 Å². The normalized spacial score (nSPS) is 11.5. The molecule has 0 aliphatic carbocycles. The number of ether oxygens (including phenoxy) is 1. The minimum Gasteiger partial charge on any atom is -0.496 e. The number of hydrogen-bond acceptors (Lipinski definition) is 3. The Kier molecular flexibility index (Phi) is 5.45. The van der Waals surface area contributed by atoms with Crippen LogP contribution >= 0.6 is 0 Å². The minimum atomic E-state index is 0.0698. The van der Waals surface area contributed by atoms with Gasteiger partial charge in [-0.3, -0.25) is 0 Å². The molecule has 0 bridgehead atoms. The van der Waals surface area contributed by atoms with Gasteiger partial charge in [-0.2, -0.15) is 0 Å². The summed E-state index contributed by atoms with van der Waals surface area (Å²) in [5, 5.41) is 6.59. The Bertz CT molecular complexity index is 337. The minimum absolute atomic E-state index is 0.0698. The van der Waals surface area contributed by atoms with E-state index in [0.29, 0.717) is 0 Å². The molecule has 0 radical (unpaired) electrons. The van der Waals surface area contributed by atoms with Crippen molar-refractivity contribution in [1.29, 1.82) is 0 Å². The number of hydrogen-bond donors (Lipinski definition) is 2. The van der Waals surface area contributed by atoms with E-state index in [1.165, 1.54) is 5.56 Å². The molecule has 1 aromatic carbocycles. The second-order valence-corrected chi connectivity index (χ2v) is 4.86. The molecule has 17 heavy (non-hydrogen) atoms. The van der Waals surface area contributed by atoms with E-state index in [1.54, 1.807) is 7.11 Å². The average molecular weight is 236 g/mol. The van der Waals surface area contributed by atoms with Crippen molar-refractivity contribution in [3.05, 3.63) is 29.8 Å². The first-order chi connectivity index (χ1) is 8.11. The summed E-state index contributed by atoms with van der Waals surface area (Å²) in [6.07, 6.45) is 0. The molecule has 1 aromatic rings. The second-order valence-electron chi connectivity index (χ2n) is 4.86. The van der Waals surface area contributed by atoms with Crippen molar-refractivity contribution in [1.82, 2.24) is 10.6 Å². The molecular formula is C14H24N2O. The monoisotopic (exact) mass is 236 g/mol. The van der Waals surface area contributed by atoms with Crippen LogP contribution in [-0.2, 0) is 5.41 Å². The van der Waals surface area contributed by atoms with Crippen LogP contribution in [-0.4, -0.2) is 33.8 Å². The standard InChI is InChI=1S/C14H24N2O/c1-14(2,11-16-10-9-15-3)12-7-5-6-8-13(12)17-4/h5-8,15-16H,9-11H2,1-4H3. The maximum atomic E-state index is 5.42. The number of rotatable bonds is 7. The maximum absolute atomic E-state index is 5.42. The summed E-state index contributed by atoms with van der Waals surface area (Å²) in [6.45, 7) is 7.38. The molecule has 1 rings (SSSR count). The summed E-state index contributed by atoms with van der Waals surface area (Å²) in [6, 6.07) is 8.23. The molecule has 0 amide bonds. The lowest BCUT2D eigenvalue weighted by molar-refractivity contribution is 0.386. The number of likely N-dealkylation sites (N-methyl/N-ethyl adjacent to an activating group) is 1. The number of nitrogens with one attached hydrogen (secondary N) is 2. The maximum Gasteiger partial charge on any atom is 0.122 e. The van der Waals surface area contributed by atoms with E-state index in [1.807, 2.05) is 19.2 Å². The number of methoxy groups -OCH3 is 1. The van der Waals surface area contributed by atoms with Gasteiger partial charge >= 0.3 is 0 Å². The highest BCUT2D eigenvalue weighted by molar-refractivity contribution is 5.39. The zero-order chi connectivity index (χ0) is 12.7. The Balaban J connectivity index is 2.67. The van der Waals surface area contributed by atoms with E-state index in [-0.39, 0.29) is 5.41 Å². The fourth-order valence-electron chi connectivity index (χ4n) is 1.91. The molecule has 96 valence electrons. The highest BCUT2D eigenvalue weighted by Crippen LogP contribution is 2.30. The van der Waals surface area contributed by atoms with Crippen molar-refractivity contribution in [2.75, 3.05) is 33.8 Å². The Morgan fingerprint density at radius 3 is 2.53 bits per heavy atom.